The zero-order valence-electron chi connectivity index (χ0n) is 9.11. The van der Waals surface area contributed by atoms with E-state index in [2.05, 4.69) is 4.36 Å². The van der Waals surface area contributed by atoms with E-state index in [1.165, 1.54) is 0 Å². The van der Waals surface area contributed by atoms with Crippen molar-refractivity contribution < 1.29 is 18.3 Å². The minimum absolute atomic E-state index is 0.220. The molecule has 0 spiro atoms. The highest BCUT2D eigenvalue weighted by Crippen LogP contribution is 2.08. The lowest BCUT2D eigenvalue weighted by atomic mass is 10.1. The third-order valence-corrected chi connectivity index (χ3v) is 2.71. The minimum Gasteiger partial charge on any atom is -0.480 e. The molecule has 0 aliphatic rings. The van der Waals surface area contributed by atoms with Crippen LogP contribution < -0.4 is 0 Å². The number of aliphatic carboxylic acids is 1. The molecule has 5 nitrogen and oxygen atoms in total. The van der Waals surface area contributed by atoms with Crippen LogP contribution in [0.1, 0.15) is 18.4 Å². The Kier molecular flexibility index (Phi) is 5.35. The van der Waals surface area contributed by atoms with Gasteiger partial charge < -0.3 is 5.11 Å². The normalized spacial score (nSPS) is 11.8. The maximum atomic E-state index is 10.7. The van der Waals surface area contributed by atoms with E-state index in [9.17, 15) is 13.2 Å². The number of carbonyl (C=O) groups is 1. The molecule has 0 amide bonds. The average molecular weight is 255 g/mol. The number of carboxylic acid groups (broad SMARTS) is 1. The Morgan fingerprint density at radius 3 is 2.47 bits per heavy atom. The van der Waals surface area contributed by atoms with Gasteiger partial charge in [-0.15, -0.1) is 0 Å². The predicted molar refractivity (Wildman–Crippen MR) is 62.2 cm³/mol. The second kappa shape index (κ2) is 6.80. The van der Waals surface area contributed by atoms with E-state index in [-0.39, 0.29) is 6.42 Å². The van der Waals surface area contributed by atoms with Crippen molar-refractivity contribution in [1.82, 2.24) is 0 Å². The van der Waals surface area contributed by atoms with Crippen LogP contribution >= 0.6 is 0 Å². The molecule has 0 heterocycles. The minimum atomic E-state index is -2.67. The number of hydrogen-bond acceptors (Lipinski definition) is 4. The highest BCUT2D eigenvalue weighted by atomic mass is 32.2. The molecular formula is C11H13NO4S. The Bertz CT molecular complexity index is 487. The summed E-state index contributed by atoms with van der Waals surface area (Å²) < 4.78 is 23.8. The van der Waals surface area contributed by atoms with Gasteiger partial charge in [-0.3, -0.25) is 0 Å². The number of rotatable bonds is 6. The third kappa shape index (κ3) is 5.26. The van der Waals surface area contributed by atoms with Gasteiger partial charge >= 0.3 is 16.5 Å². The molecule has 1 unspecified atom stereocenters. The smallest absolute Gasteiger partial charge is 0.329 e. The number of aryl methyl sites for hydroxylation is 1. The molecule has 1 atom stereocenters. The third-order valence-electron chi connectivity index (χ3n) is 2.28. The van der Waals surface area contributed by atoms with Crippen molar-refractivity contribution >= 4 is 16.5 Å². The predicted octanol–water partition coefficient (Wildman–Crippen LogP) is 1.53. The van der Waals surface area contributed by atoms with Crippen LogP contribution in [0.15, 0.2) is 34.7 Å². The van der Waals surface area contributed by atoms with Crippen LogP contribution in [0.2, 0.25) is 0 Å². The van der Waals surface area contributed by atoms with Crippen molar-refractivity contribution in [2.75, 3.05) is 0 Å². The van der Waals surface area contributed by atoms with E-state index >= 15 is 0 Å². The lowest BCUT2D eigenvalue weighted by Gasteiger charge is -2.04. The molecule has 1 aromatic carbocycles. The standard InChI is InChI=1S/C11H13NO4S/c13-11(14)10(12-17(15)16)8-4-7-9-5-2-1-3-6-9/h1-3,5-6,10H,4,7-8H2,(H,13,14). The number of nitrogens with zero attached hydrogens (tertiary/aromatic N) is 1. The van der Waals surface area contributed by atoms with E-state index in [1.54, 1.807) is 0 Å². The molecule has 6 heteroatoms. The largest absolute Gasteiger partial charge is 0.480 e. The summed E-state index contributed by atoms with van der Waals surface area (Å²) in [5.74, 6) is -1.21. The summed E-state index contributed by atoms with van der Waals surface area (Å²) in [5, 5.41) is 8.75. The Hall–Kier alpha value is -1.69. The summed E-state index contributed by atoms with van der Waals surface area (Å²) in [6.45, 7) is 0. The first-order valence-corrected chi connectivity index (χ1v) is 6.19. The molecule has 1 rings (SSSR count). The van der Waals surface area contributed by atoms with Gasteiger partial charge in [0.05, 0.1) is 0 Å². The Morgan fingerprint density at radius 2 is 1.94 bits per heavy atom. The van der Waals surface area contributed by atoms with E-state index < -0.39 is 22.5 Å². The van der Waals surface area contributed by atoms with Crippen molar-refractivity contribution in [2.24, 2.45) is 4.36 Å². The molecule has 0 fully saturated rings. The van der Waals surface area contributed by atoms with Crippen LogP contribution in [0, 0.1) is 0 Å². The zero-order chi connectivity index (χ0) is 12.7. The lowest BCUT2D eigenvalue weighted by Crippen LogP contribution is -2.17. The fraction of sp³-hybridized carbons (Fsp3) is 0.364. The molecule has 1 N–H and O–H groups in total. The Morgan fingerprint density at radius 1 is 1.29 bits per heavy atom. The summed E-state index contributed by atoms with van der Waals surface area (Å²) in [6, 6.07) is 8.43. The molecular weight excluding hydrogens is 242 g/mol. The van der Waals surface area contributed by atoms with Gasteiger partial charge in [0, 0.05) is 0 Å². The summed E-state index contributed by atoms with van der Waals surface area (Å²) in [6.07, 6.45) is 1.52. The summed E-state index contributed by atoms with van der Waals surface area (Å²) >= 11 is 0. The Labute approximate surface area is 101 Å². The van der Waals surface area contributed by atoms with Gasteiger partial charge in [-0.1, -0.05) is 30.3 Å². The molecule has 0 radical (unpaired) electrons. The number of benzene rings is 1. The summed E-state index contributed by atoms with van der Waals surface area (Å²) in [7, 11) is -2.67. The maximum absolute atomic E-state index is 10.7. The molecule has 17 heavy (non-hydrogen) atoms. The van der Waals surface area contributed by atoms with Crippen LogP contribution in [0.3, 0.4) is 0 Å². The van der Waals surface area contributed by atoms with Gasteiger partial charge in [-0.25, -0.2) is 4.79 Å². The van der Waals surface area contributed by atoms with Gasteiger partial charge in [0.15, 0.2) is 6.04 Å². The fourth-order valence-corrected chi connectivity index (χ4v) is 1.87. The van der Waals surface area contributed by atoms with Crippen molar-refractivity contribution in [3.05, 3.63) is 35.9 Å². The van der Waals surface area contributed by atoms with Crippen molar-refractivity contribution in [1.29, 1.82) is 0 Å². The molecule has 0 bridgehead atoms. The number of hydrogen-bond donors (Lipinski definition) is 1. The zero-order valence-corrected chi connectivity index (χ0v) is 9.93. The average Bonchev–Trinajstić information content (AvgIpc) is 2.28. The van der Waals surface area contributed by atoms with Gasteiger partial charge in [0.25, 0.3) is 0 Å². The first kappa shape index (κ1) is 13.4. The first-order chi connectivity index (χ1) is 8.09. The Balaban J connectivity index is 2.49. The maximum Gasteiger partial charge on any atom is 0.329 e. The fourth-order valence-electron chi connectivity index (χ4n) is 1.47. The van der Waals surface area contributed by atoms with E-state index in [0.717, 1.165) is 5.56 Å². The van der Waals surface area contributed by atoms with Gasteiger partial charge in [-0.05, 0) is 24.8 Å². The topological polar surface area (TPSA) is 83.8 Å². The molecule has 1 aromatic rings. The van der Waals surface area contributed by atoms with E-state index in [0.29, 0.717) is 12.8 Å². The van der Waals surface area contributed by atoms with Crippen LogP contribution in [-0.4, -0.2) is 25.5 Å². The summed E-state index contributed by atoms with van der Waals surface area (Å²) in [4.78, 5) is 10.7. The molecule has 0 aromatic heterocycles. The second-order valence-electron chi connectivity index (χ2n) is 3.55. The summed E-state index contributed by atoms with van der Waals surface area (Å²) in [5.41, 5.74) is 1.10. The molecule has 0 saturated carbocycles. The van der Waals surface area contributed by atoms with E-state index in [4.69, 9.17) is 5.11 Å². The van der Waals surface area contributed by atoms with Crippen molar-refractivity contribution in [3.8, 4) is 0 Å². The van der Waals surface area contributed by atoms with Gasteiger partial charge in [0.2, 0.25) is 0 Å². The van der Waals surface area contributed by atoms with Gasteiger partial charge in [-0.2, -0.15) is 12.8 Å². The van der Waals surface area contributed by atoms with Crippen LogP contribution in [0.25, 0.3) is 0 Å². The first-order valence-electron chi connectivity index (χ1n) is 5.16. The van der Waals surface area contributed by atoms with Crippen molar-refractivity contribution in [3.63, 3.8) is 0 Å². The monoisotopic (exact) mass is 255 g/mol. The molecule has 92 valence electrons. The van der Waals surface area contributed by atoms with Crippen LogP contribution in [0.5, 0.6) is 0 Å². The SMILES string of the molecule is O=C(O)C(CCCc1ccccc1)N=S(=O)=O. The highest BCUT2D eigenvalue weighted by molar-refractivity contribution is 7.61. The van der Waals surface area contributed by atoms with E-state index in [1.807, 2.05) is 30.3 Å². The lowest BCUT2D eigenvalue weighted by molar-refractivity contribution is -0.138. The number of carboxylic acids is 1. The van der Waals surface area contributed by atoms with Crippen LogP contribution in [0.4, 0.5) is 0 Å². The molecule has 0 aliphatic carbocycles. The molecule has 0 aliphatic heterocycles. The van der Waals surface area contributed by atoms with Gasteiger partial charge in [0.1, 0.15) is 0 Å². The highest BCUT2D eigenvalue weighted by Gasteiger charge is 2.16. The second-order valence-corrected chi connectivity index (χ2v) is 4.20. The quantitative estimate of drug-likeness (QED) is 0.835. The van der Waals surface area contributed by atoms with Crippen LogP contribution in [-0.2, 0) is 21.7 Å². The van der Waals surface area contributed by atoms with Crippen molar-refractivity contribution in [2.45, 2.75) is 25.3 Å². The molecule has 0 saturated heterocycles.